The van der Waals surface area contributed by atoms with Gasteiger partial charge >= 0.3 is 0 Å². The van der Waals surface area contributed by atoms with Crippen molar-refractivity contribution in [3.63, 3.8) is 0 Å². The molecule has 21 heavy (non-hydrogen) atoms. The van der Waals surface area contributed by atoms with Crippen LogP contribution < -0.4 is 5.73 Å². The van der Waals surface area contributed by atoms with E-state index in [1.54, 1.807) is 0 Å². The minimum Gasteiger partial charge on any atom is -0.361 e. The number of aromatic nitrogens is 3. The van der Waals surface area contributed by atoms with Crippen molar-refractivity contribution in [2.75, 3.05) is 0 Å². The van der Waals surface area contributed by atoms with E-state index in [-0.39, 0.29) is 11.5 Å². The molecule has 2 aromatic heterocycles. The molecule has 3 rings (SSSR count). The Morgan fingerprint density at radius 1 is 1.24 bits per heavy atom. The van der Waals surface area contributed by atoms with Crippen molar-refractivity contribution in [2.45, 2.75) is 38.6 Å². The van der Waals surface area contributed by atoms with Gasteiger partial charge in [-0.05, 0) is 18.1 Å². The van der Waals surface area contributed by atoms with Gasteiger partial charge in [0.2, 0.25) is 0 Å². The van der Waals surface area contributed by atoms with Crippen LogP contribution in [-0.2, 0) is 11.8 Å². The van der Waals surface area contributed by atoms with E-state index in [9.17, 15) is 0 Å². The monoisotopic (exact) mass is 282 g/mol. The number of H-pyrrole nitrogens is 2. The zero-order valence-electron chi connectivity index (χ0n) is 12.8. The second kappa shape index (κ2) is 5.04. The lowest BCUT2D eigenvalue weighted by atomic mass is 9.93. The smallest absolute Gasteiger partial charge is 0.123 e. The number of nitrogens with two attached hydrogens (primary N) is 1. The van der Waals surface area contributed by atoms with Gasteiger partial charge in [-0.3, -0.25) is 0 Å². The highest BCUT2D eigenvalue weighted by Crippen LogP contribution is 2.24. The van der Waals surface area contributed by atoms with Gasteiger partial charge in [0.1, 0.15) is 5.82 Å². The van der Waals surface area contributed by atoms with Crippen LogP contribution in [0, 0.1) is 0 Å². The molecule has 3 aromatic rings. The Bertz CT molecular complexity index is 745. The van der Waals surface area contributed by atoms with Gasteiger partial charge in [0, 0.05) is 34.4 Å². The fourth-order valence-corrected chi connectivity index (χ4v) is 2.54. The third-order valence-corrected chi connectivity index (χ3v) is 3.87. The molecule has 1 aromatic carbocycles. The van der Waals surface area contributed by atoms with E-state index < -0.39 is 0 Å². The summed E-state index contributed by atoms with van der Waals surface area (Å²) in [4.78, 5) is 11.1. The van der Waals surface area contributed by atoms with E-state index in [4.69, 9.17) is 5.73 Å². The average Bonchev–Trinajstić information content (AvgIpc) is 3.05. The standard InChI is InChI=1S/C17H22N4/c1-17(2,3)15-10-20-16(21-15)13(18)8-11-9-19-14-7-5-4-6-12(11)14/h4-7,9-10,13,19H,8,18H2,1-3H3,(H,20,21)/t13-/m1/s1. The number of benzene rings is 1. The predicted octanol–water partition coefficient (Wildman–Crippen LogP) is 3.43. The first-order chi connectivity index (χ1) is 9.95. The zero-order chi connectivity index (χ0) is 15.0. The molecule has 0 unspecified atom stereocenters. The van der Waals surface area contributed by atoms with Crippen molar-refractivity contribution in [1.82, 2.24) is 15.0 Å². The number of hydrogen-bond acceptors (Lipinski definition) is 2. The van der Waals surface area contributed by atoms with Crippen LogP contribution in [-0.4, -0.2) is 15.0 Å². The van der Waals surface area contributed by atoms with Crippen LogP contribution in [0.4, 0.5) is 0 Å². The Labute approximate surface area is 124 Å². The first-order valence-electron chi connectivity index (χ1n) is 7.31. The molecular weight excluding hydrogens is 260 g/mol. The summed E-state index contributed by atoms with van der Waals surface area (Å²) in [5.41, 5.74) is 9.88. The van der Waals surface area contributed by atoms with Crippen molar-refractivity contribution in [3.05, 3.63) is 53.7 Å². The normalized spacial score (nSPS) is 13.7. The number of para-hydroxylation sites is 1. The number of nitrogens with one attached hydrogen (secondary N) is 2. The van der Waals surface area contributed by atoms with E-state index >= 15 is 0 Å². The van der Waals surface area contributed by atoms with E-state index in [1.807, 2.05) is 18.5 Å². The van der Waals surface area contributed by atoms with Gasteiger partial charge in [-0.1, -0.05) is 39.0 Å². The Morgan fingerprint density at radius 3 is 2.71 bits per heavy atom. The van der Waals surface area contributed by atoms with Crippen LogP contribution in [0.3, 0.4) is 0 Å². The van der Waals surface area contributed by atoms with Gasteiger partial charge in [-0.25, -0.2) is 4.98 Å². The fraction of sp³-hybridized carbons (Fsp3) is 0.353. The Morgan fingerprint density at radius 2 is 2.00 bits per heavy atom. The Balaban J connectivity index is 1.83. The number of rotatable bonds is 3. The van der Waals surface area contributed by atoms with Crippen molar-refractivity contribution >= 4 is 10.9 Å². The SMILES string of the molecule is CC(C)(C)c1cnc([C@H](N)Cc2c[nH]c3ccccc23)[nH]1. The zero-order valence-corrected chi connectivity index (χ0v) is 12.8. The van der Waals surface area contributed by atoms with Crippen LogP contribution in [0.25, 0.3) is 10.9 Å². The molecule has 4 nitrogen and oxygen atoms in total. The third kappa shape index (κ3) is 2.72. The number of aromatic amines is 2. The maximum Gasteiger partial charge on any atom is 0.123 e. The molecule has 1 atom stereocenters. The van der Waals surface area contributed by atoms with Gasteiger partial charge in [0.05, 0.1) is 6.04 Å². The first-order valence-corrected chi connectivity index (χ1v) is 7.31. The van der Waals surface area contributed by atoms with E-state index in [0.717, 1.165) is 23.5 Å². The van der Waals surface area contributed by atoms with Crippen molar-refractivity contribution < 1.29 is 0 Å². The summed E-state index contributed by atoms with van der Waals surface area (Å²) in [5, 5.41) is 1.23. The Hall–Kier alpha value is -2.07. The maximum atomic E-state index is 6.33. The summed E-state index contributed by atoms with van der Waals surface area (Å²) >= 11 is 0. The number of imidazole rings is 1. The summed E-state index contributed by atoms with van der Waals surface area (Å²) in [5.74, 6) is 0.852. The predicted molar refractivity (Wildman–Crippen MR) is 86.2 cm³/mol. The molecule has 4 N–H and O–H groups in total. The molecule has 0 radical (unpaired) electrons. The summed E-state index contributed by atoms with van der Waals surface area (Å²) in [6, 6.07) is 8.16. The number of nitrogens with zero attached hydrogens (tertiary/aromatic N) is 1. The van der Waals surface area contributed by atoms with Gasteiger partial charge in [0.25, 0.3) is 0 Å². The summed E-state index contributed by atoms with van der Waals surface area (Å²) in [6.07, 6.45) is 4.70. The quantitative estimate of drug-likeness (QED) is 0.688. The molecule has 2 heterocycles. The molecule has 4 heteroatoms. The lowest BCUT2D eigenvalue weighted by Gasteiger charge is -2.15. The summed E-state index contributed by atoms with van der Waals surface area (Å²) in [7, 11) is 0. The lowest BCUT2D eigenvalue weighted by molar-refractivity contribution is 0.567. The second-order valence-corrected chi connectivity index (χ2v) is 6.60. The van der Waals surface area contributed by atoms with Crippen LogP contribution in [0.2, 0.25) is 0 Å². The lowest BCUT2D eigenvalue weighted by Crippen LogP contribution is -2.16. The van der Waals surface area contributed by atoms with Crippen LogP contribution in [0.1, 0.15) is 43.9 Å². The number of fused-ring (bicyclic) bond motifs is 1. The van der Waals surface area contributed by atoms with E-state index in [0.29, 0.717) is 0 Å². The highest BCUT2D eigenvalue weighted by Gasteiger charge is 2.19. The molecule has 0 spiro atoms. The van der Waals surface area contributed by atoms with Crippen LogP contribution in [0.5, 0.6) is 0 Å². The molecule has 110 valence electrons. The minimum atomic E-state index is -0.125. The third-order valence-electron chi connectivity index (χ3n) is 3.87. The molecule has 0 fully saturated rings. The highest BCUT2D eigenvalue weighted by molar-refractivity contribution is 5.83. The highest BCUT2D eigenvalue weighted by atomic mass is 15.0. The largest absolute Gasteiger partial charge is 0.361 e. The molecule has 0 aliphatic rings. The average molecular weight is 282 g/mol. The first kappa shape index (κ1) is 13.9. The maximum absolute atomic E-state index is 6.33. The van der Waals surface area contributed by atoms with Gasteiger partial charge in [-0.15, -0.1) is 0 Å². The van der Waals surface area contributed by atoms with E-state index in [2.05, 4.69) is 53.9 Å². The summed E-state index contributed by atoms with van der Waals surface area (Å²) in [6.45, 7) is 6.49. The molecular formula is C17H22N4. The second-order valence-electron chi connectivity index (χ2n) is 6.60. The van der Waals surface area contributed by atoms with E-state index in [1.165, 1.54) is 10.9 Å². The molecule has 0 saturated carbocycles. The van der Waals surface area contributed by atoms with Crippen molar-refractivity contribution in [2.24, 2.45) is 5.73 Å². The van der Waals surface area contributed by atoms with Crippen molar-refractivity contribution in [1.29, 1.82) is 0 Å². The number of hydrogen-bond donors (Lipinski definition) is 3. The van der Waals surface area contributed by atoms with Gasteiger partial charge < -0.3 is 15.7 Å². The van der Waals surface area contributed by atoms with Crippen LogP contribution >= 0.6 is 0 Å². The Kier molecular flexibility index (Phi) is 3.33. The molecule has 0 amide bonds. The molecule has 0 aliphatic heterocycles. The van der Waals surface area contributed by atoms with Crippen molar-refractivity contribution in [3.8, 4) is 0 Å². The molecule has 0 bridgehead atoms. The topological polar surface area (TPSA) is 70.5 Å². The van der Waals surface area contributed by atoms with Gasteiger partial charge in [-0.2, -0.15) is 0 Å². The molecule has 0 aliphatic carbocycles. The minimum absolute atomic E-state index is 0.0613. The summed E-state index contributed by atoms with van der Waals surface area (Å²) < 4.78 is 0. The van der Waals surface area contributed by atoms with Crippen LogP contribution in [0.15, 0.2) is 36.7 Å². The molecule has 0 saturated heterocycles. The van der Waals surface area contributed by atoms with Gasteiger partial charge in [0.15, 0.2) is 0 Å². The fourth-order valence-electron chi connectivity index (χ4n) is 2.54.